The average molecular weight is 723 g/mol. The van der Waals surface area contributed by atoms with Crippen molar-refractivity contribution >= 4 is 17.9 Å². The summed E-state index contributed by atoms with van der Waals surface area (Å²) in [5.74, 6) is -0.0101. The van der Waals surface area contributed by atoms with Crippen LogP contribution in [-0.4, -0.2) is 37.2 Å². The van der Waals surface area contributed by atoms with Gasteiger partial charge in [-0.3, -0.25) is 14.4 Å². The van der Waals surface area contributed by atoms with Crippen LogP contribution in [0.25, 0.3) is 0 Å². The van der Waals surface area contributed by atoms with Crippen LogP contribution in [0.1, 0.15) is 246 Å². The predicted octanol–water partition coefficient (Wildman–Crippen LogP) is 13.9. The zero-order valence-electron chi connectivity index (χ0n) is 34.6. The smallest absolute Gasteiger partial charge is 0.306 e. The Labute approximate surface area is 317 Å². The zero-order chi connectivity index (χ0) is 37.5. The molecule has 0 amide bonds. The highest BCUT2D eigenvalue weighted by atomic mass is 16.6. The molecule has 0 aliphatic heterocycles. The molecule has 0 fully saturated rings. The second-order valence-electron chi connectivity index (χ2n) is 15.6. The van der Waals surface area contributed by atoms with E-state index in [1.165, 1.54) is 141 Å². The molecule has 0 radical (unpaired) electrons. The Morgan fingerprint density at radius 3 is 1.02 bits per heavy atom. The van der Waals surface area contributed by atoms with E-state index in [0.29, 0.717) is 19.3 Å². The van der Waals surface area contributed by atoms with E-state index < -0.39 is 6.10 Å². The van der Waals surface area contributed by atoms with Gasteiger partial charge in [0, 0.05) is 19.3 Å². The fourth-order valence-electron chi connectivity index (χ4n) is 6.59. The van der Waals surface area contributed by atoms with E-state index >= 15 is 0 Å². The zero-order valence-corrected chi connectivity index (χ0v) is 34.6. The van der Waals surface area contributed by atoms with Gasteiger partial charge in [-0.25, -0.2) is 0 Å². The fourth-order valence-corrected chi connectivity index (χ4v) is 6.59. The maximum absolute atomic E-state index is 12.7. The normalized spacial score (nSPS) is 12.5. The molecule has 1 unspecified atom stereocenters. The molecule has 0 aromatic heterocycles. The monoisotopic (exact) mass is 723 g/mol. The minimum absolute atomic E-state index is 0.0643. The van der Waals surface area contributed by atoms with Crippen molar-refractivity contribution in [1.82, 2.24) is 0 Å². The first-order valence-corrected chi connectivity index (χ1v) is 22.4. The number of carbonyl (C=O) groups excluding carboxylic acids is 3. The predicted molar refractivity (Wildman–Crippen MR) is 215 cm³/mol. The molecule has 0 rings (SSSR count). The van der Waals surface area contributed by atoms with Gasteiger partial charge >= 0.3 is 17.9 Å². The van der Waals surface area contributed by atoms with Crippen molar-refractivity contribution in [2.75, 3.05) is 13.2 Å². The lowest BCUT2D eigenvalue weighted by Gasteiger charge is -2.18. The van der Waals surface area contributed by atoms with Crippen molar-refractivity contribution in [3.63, 3.8) is 0 Å². The number of esters is 3. The third kappa shape index (κ3) is 38.0. The SMILES string of the molecule is CCCCCCCCCCCCCC(=O)O[C@H](COC(=O)CCCCCCCCCCCC)COC(=O)CCCCCCCCCCC(C)CC. The lowest BCUT2D eigenvalue weighted by atomic mass is 9.99. The number of unbranched alkanes of at least 4 members (excludes halogenated alkanes) is 26. The van der Waals surface area contributed by atoms with Crippen LogP contribution in [0.5, 0.6) is 0 Å². The number of hydrogen-bond donors (Lipinski definition) is 0. The third-order valence-electron chi connectivity index (χ3n) is 10.4. The molecule has 0 aromatic carbocycles. The van der Waals surface area contributed by atoms with Gasteiger partial charge in [0.25, 0.3) is 0 Å². The second kappa shape index (κ2) is 39.6. The third-order valence-corrected chi connectivity index (χ3v) is 10.4. The van der Waals surface area contributed by atoms with Gasteiger partial charge in [0.2, 0.25) is 0 Å². The highest BCUT2D eigenvalue weighted by Crippen LogP contribution is 2.16. The van der Waals surface area contributed by atoms with E-state index in [2.05, 4.69) is 27.7 Å². The van der Waals surface area contributed by atoms with E-state index in [9.17, 15) is 14.4 Å². The second-order valence-corrected chi connectivity index (χ2v) is 15.6. The van der Waals surface area contributed by atoms with Crippen LogP contribution in [0, 0.1) is 5.92 Å². The van der Waals surface area contributed by atoms with E-state index in [4.69, 9.17) is 14.2 Å². The Kier molecular flexibility index (Phi) is 38.4. The molecule has 6 nitrogen and oxygen atoms in total. The van der Waals surface area contributed by atoms with Crippen molar-refractivity contribution in [3.05, 3.63) is 0 Å². The van der Waals surface area contributed by atoms with Crippen LogP contribution >= 0.6 is 0 Å². The molecule has 0 aromatic rings. The number of carbonyl (C=O) groups is 3. The molecule has 0 saturated carbocycles. The van der Waals surface area contributed by atoms with Crippen LogP contribution in [0.3, 0.4) is 0 Å². The number of hydrogen-bond acceptors (Lipinski definition) is 6. The molecule has 6 heteroatoms. The van der Waals surface area contributed by atoms with Crippen molar-refractivity contribution in [2.24, 2.45) is 5.92 Å². The summed E-state index contributed by atoms with van der Waals surface area (Å²) < 4.78 is 16.7. The summed E-state index contributed by atoms with van der Waals surface area (Å²) in [7, 11) is 0. The molecule has 302 valence electrons. The van der Waals surface area contributed by atoms with Gasteiger partial charge < -0.3 is 14.2 Å². The van der Waals surface area contributed by atoms with E-state index in [0.717, 1.165) is 63.7 Å². The molecule has 51 heavy (non-hydrogen) atoms. The lowest BCUT2D eigenvalue weighted by molar-refractivity contribution is -0.167. The molecule has 2 atom stereocenters. The molecule has 0 N–H and O–H groups in total. The molecule has 0 heterocycles. The maximum Gasteiger partial charge on any atom is 0.306 e. The Bertz CT molecular complexity index is 768. The van der Waals surface area contributed by atoms with Crippen LogP contribution in [0.15, 0.2) is 0 Å². The van der Waals surface area contributed by atoms with Crippen LogP contribution in [0.2, 0.25) is 0 Å². The van der Waals surface area contributed by atoms with Crippen molar-refractivity contribution in [3.8, 4) is 0 Å². The summed E-state index contributed by atoms with van der Waals surface area (Å²) in [6, 6.07) is 0. The summed E-state index contributed by atoms with van der Waals surface area (Å²) in [6.45, 7) is 8.98. The lowest BCUT2D eigenvalue weighted by Crippen LogP contribution is -2.30. The summed E-state index contributed by atoms with van der Waals surface area (Å²) in [5.41, 5.74) is 0. The van der Waals surface area contributed by atoms with Crippen molar-refractivity contribution in [1.29, 1.82) is 0 Å². The van der Waals surface area contributed by atoms with E-state index in [1.54, 1.807) is 0 Å². The Morgan fingerprint density at radius 1 is 0.392 bits per heavy atom. The van der Waals surface area contributed by atoms with E-state index in [-0.39, 0.29) is 31.1 Å². The number of rotatable bonds is 40. The van der Waals surface area contributed by atoms with Gasteiger partial charge in [-0.2, -0.15) is 0 Å². The van der Waals surface area contributed by atoms with Crippen molar-refractivity contribution in [2.45, 2.75) is 252 Å². The molecular formula is C45H86O6. The van der Waals surface area contributed by atoms with Gasteiger partial charge in [0.05, 0.1) is 0 Å². The first-order valence-electron chi connectivity index (χ1n) is 22.4. The molecule has 0 bridgehead atoms. The van der Waals surface area contributed by atoms with Gasteiger partial charge in [0.1, 0.15) is 13.2 Å². The Balaban J connectivity index is 4.34. The van der Waals surface area contributed by atoms with Gasteiger partial charge in [-0.15, -0.1) is 0 Å². The van der Waals surface area contributed by atoms with Crippen LogP contribution < -0.4 is 0 Å². The summed E-state index contributed by atoms with van der Waals surface area (Å²) in [6.07, 6.45) is 37.9. The largest absolute Gasteiger partial charge is 0.462 e. The standard InChI is InChI=1S/C45H86O6/c1-5-8-10-12-14-16-18-20-26-30-34-38-45(48)51-42(39-49-43(46)36-32-28-24-19-17-15-13-11-9-6-2)40-50-44(47)37-33-29-25-22-21-23-27-31-35-41(4)7-3/h41-42H,5-40H2,1-4H3/t41?,42-/m1/s1. The Hall–Kier alpha value is -1.59. The minimum atomic E-state index is -0.758. The van der Waals surface area contributed by atoms with Gasteiger partial charge in [-0.1, -0.05) is 207 Å². The highest BCUT2D eigenvalue weighted by molar-refractivity contribution is 5.71. The molecule has 0 aliphatic carbocycles. The summed E-state index contributed by atoms with van der Waals surface area (Å²) in [4.78, 5) is 37.6. The van der Waals surface area contributed by atoms with E-state index in [1.807, 2.05) is 0 Å². The topological polar surface area (TPSA) is 78.9 Å². The Morgan fingerprint density at radius 2 is 0.686 bits per heavy atom. The van der Waals surface area contributed by atoms with Crippen LogP contribution in [0.4, 0.5) is 0 Å². The summed E-state index contributed by atoms with van der Waals surface area (Å²) >= 11 is 0. The van der Waals surface area contributed by atoms with Gasteiger partial charge in [-0.05, 0) is 25.2 Å². The number of ether oxygens (including phenoxy) is 3. The average Bonchev–Trinajstić information content (AvgIpc) is 3.13. The summed E-state index contributed by atoms with van der Waals surface area (Å²) in [5, 5.41) is 0. The molecule has 0 saturated heterocycles. The molecule has 0 aliphatic rings. The first kappa shape index (κ1) is 49.4. The maximum atomic E-state index is 12.7. The molecular weight excluding hydrogens is 636 g/mol. The van der Waals surface area contributed by atoms with Crippen molar-refractivity contribution < 1.29 is 28.6 Å². The molecule has 0 spiro atoms. The minimum Gasteiger partial charge on any atom is -0.462 e. The highest BCUT2D eigenvalue weighted by Gasteiger charge is 2.19. The quantitative estimate of drug-likeness (QED) is 0.0356. The fraction of sp³-hybridized carbons (Fsp3) is 0.933. The first-order chi connectivity index (χ1) is 24.9. The van der Waals surface area contributed by atoms with Gasteiger partial charge in [0.15, 0.2) is 6.10 Å². The van der Waals surface area contributed by atoms with Crippen LogP contribution in [-0.2, 0) is 28.6 Å².